The summed E-state index contributed by atoms with van der Waals surface area (Å²) < 4.78 is 10.6. The van der Waals surface area contributed by atoms with Crippen molar-refractivity contribution in [2.75, 3.05) is 50.7 Å². The summed E-state index contributed by atoms with van der Waals surface area (Å²) in [5, 5.41) is 10.7. The third kappa shape index (κ3) is 7.06. The molecular weight excluding hydrogens is 418 g/mol. The molecule has 9 heteroatoms. The zero-order valence-corrected chi connectivity index (χ0v) is 19.8. The maximum absolute atomic E-state index is 5.50. The van der Waals surface area contributed by atoms with Crippen LogP contribution in [0.15, 0.2) is 24.8 Å². The van der Waals surface area contributed by atoms with Crippen molar-refractivity contribution in [3.05, 3.63) is 24.8 Å². The quantitative estimate of drug-likeness (QED) is 0.466. The number of rotatable bonds is 10. The number of hydrogen-bond acceptors (Lipinski definition) is 9. The van der Waals surface area contributed by atoms with Crippen LogP contribution in [0.2, 0.25) is 0 Å². The molecule has 1 aliphatic heterocycles. The van der Waals surface area contributed by atoms with Crippen molar-refractivity contribution in [3.8, 4) is 11.4 Å². The highest BCUT2D eigenvalue weighted by atomic mass is 16.5. The second-order valence-corrected chi connectivity index (χ2v) is 9.49. The van der Waals surface area contributed by atoms with E-state index < -0.39 is 0 Å². The Balaban J connectivity index is 1.32. The first-order valence-corrected chi connectivity index (χ1v) is 12.1. The summed E-state index contributed by atoms with van der Waals surface area (Å²) in [6.45, 7) is 6.50. The molecule has 3 heterocycles. The van der Waals surface area contributed by atoms with E-state index in [4.69, 9.17) is 9.47 Å². The molecule has 0 atom stereocenters. The Kier molecular flexibility index (Phi) is 8.41. The SMILES string of the molecule is COCCNC1CCC(Nc2cc(-c3cc(NCC4(C)CCOCC4)ncn3)ncn2)CC1. The van der Waals surface area contributed by atoms with E-state index in [0.29, 0.717) is 12.1 Å². The van der Waals surface area contributed by atoms with Crippen LogP contribution >= 0.6 is 0 Å². The lowest BCUT2D eigenvalue weighted by molar-refractivity contribution is 0.0300. The minimum atomic E-state index is 0.230. The molecule has 3 N–H and O–H groups in total. The van der Waals surface area contributed by atoms with Crippen molar-refractivity contribution in [2.45, 2.75) is 57.5 Å². The zero-order valence-electron chi connectivity index (χ0n) is 19.8. The summed E-state index contributed by atoms with van der Waals surface area (Å²) in [6.07, 6.45) is 9.88. The molecule has 0 aromatic carbocycles. The highest BCUT2D eigenvalue weighted by Gasteiger charge is 2.27. The van der Waals surface area contributed by atoms with Gasteiger partial charge in [0.25, 0.3) is 0 Å². The molecule has 0 spiro atoms. The fraction of sp³-hybridized carbons (Fsp3) is 0.667. The molecule has 0 bridgehead atoms. The van der Waals surface area contributed by atoms with Gasteiger partial charge in [-0.05, 0) is 43.9 Å². The molecular formula is C24H37N7O2. The van der Waals surface area contributed by atoms with Crippen molar-refractivity contribution in [1.82, 2.24) is 25.3 Å². The van der Waals surface area contributed by atoms with Gasteiger partial charge in [-0.25, -0.2) is 19.9 Å². The van der Waals surface area contributed by atoms with E-state index in [0.717, 1.165) is 94.5 Å². The Hall–Kier alpha value is -2.36. The summed E-state index contributed by atoms with van der Waals surface area (Å²) in [6, 6.07) is 4.95. The fourth-order valence-electron chi connectivity index (χ4n) is 4.53. The van der Waals surface area contributed by atoms with Gasteiger partial charge in [-0.3, -0.25) is 0 Å². The minimum Gasteiger partial charge on any atom is -0.383 e. The van der Waals surface area contributed by atoms with Crippen molar-refractivity contribution in [1.29, 1.82) is 0 Å². The fourth-order valence-corrected chi connectivity index (χ4v) is 4.53. The first kappa shape index (κ1) is 23.8. The Bertz CT molecular complexity index is 867. The molecule has 2 aromatic heterocycles. The van der Waals surface area contributed by atoms with Crippen molar-refractivity contribution >= 4 is 11.6 Å². The van der Waals surface area contributed by atoms with Crippen LogP contribution < -0.4 is 16.0 Å². The maximum atomic E-state index is 5.50. The van der Waals surface area contributed by atoms with Gasteiger partial charge < -0.3 is 25.4 Å². The summed E-state index contributed by atoms with van der Waals surface area (Å²) in [5.41, 5.74) is 1.82. The molecule has 2 fully saturated rings. The summed E-state index contributed by atoms with van der Waals surface area (Å²) >= 11 is 0. The Morgan fingerprint density at radius 2 is 1.58 bits per heavy atom. The van der Waals surface area contributed by atoms with E-state index in [9.17, 15) is 0 Å². The van der Waals surface area contributed by atoms with Gasteiger partial charge in [-0.1, -0.05) is 6.92 Å². The number of methoxy groups -OCH3 is 1. The zero-order chi connectivity index (χ0) is 22.9. The van der Waals surface area contributed by atoms with Crippen LogP contribution in [0, 0.1) is 5.41 Å². The van der Waals surface area contributed by atoms with E-state index in [-0.39, 0.29) is 5.41 Å². The average molecular weight is 456 g/mol. The highest BCUT2D eigenvalue weighted by molar-refractivity contribution is 5.61. The van der Waals surface area contributed by atoms with E-state index in [1.54, 1.807) is 19.8 Å². The van der Waals surface area contributed by atoms with Crippen LogP contribution in [0.5, 0.6) is 0 Å². The number of hydrogen-bond donors (Lipinski definition) is 3. The molecule has 0 amide bonds. The van der Waals surface area contributed by atoms with Crippen LogP contribution in [0.25, 0.3) is 11.4 Å². The third-order valence-electron chi connectivity index (χ3n) is 6.81. The molecule has 9 nitrogen and oxygen atoms in total. The molecule has 2 aromatic rings. The second kappa shape index (κ2) is 11.7. The van der Waals surface area contributed by atoms with Gasteiger partial charge in [0.05, 0.1) is 18.0 Å². The summed E-state index contributed by atoms with van der Waals surface area (Å²) in [4.78, 5) is 17.7. The molecule has 1 saturated carbocycles. The topological polar surface area (TPSA) is 106 Å². The van der Waals surface area contributed by atoms with Crippen molar-refractivity contribution in [3.63, 3.8) is 0 Å². The second-order valence-electron chi connectivity index (χ2n) is 9.49. The molecule has 180 valence electrons. The first-order chi connectivity index (χ1) is 16.1. The Labute approximate surface area is 196 Å². The molecule has 1 aliphatic carbocycles. The van der Waals surface area contributed by atoms with Crippen LogP contribution in [0.4, 0.5) is 11.6 Å². The molecule has 0 radical (unpaired) electrons. The molecule has 33 heavy (non-hydrogen) atoms. The van der Waals surface area contributed by atoms with Gasteiger partial charge in [0.2, 0.25) is 0 Å². The Morgan fingerprint density at radius 3 is 2.27 bits per heavy atom. The van der Waals surface area contributed by atoms with Gasteiger partial charge >= 0.3 is 0 Å². The van der Waals surface area contributed by atoms with Crippen molar-refractivity contribution < 1.29 is 9.47 Å². The van der Waals surface area contributed by atoms with Gasteiger partial charge in [0.15, 0.2) is 0 Å². The number of anilines is 2. The predicted octanol–water partition coefficient (Wildman–Crippen LogP) is 3.12. The molecule has 1 saturated heterocycles. The van der Waals surface area contributed by atoms with E-state index in [1.165, 1.54) is 0 Å². The summed E-state index contributed by atoms with van der Waals surface area (Å²) in [7, 11) is 1.74. The lowest BCUT2D eigenvalue weighted by atomic mass is 9.82. The van der Waals surface area contributed by atoms with Crippen LogP contribution in [0.3, 0.4) is 0 Å². The van der Waals surface area contributed by atoms with Gasteiger partial charge in [0.1, 0.15) is 24.3 Å². The predicted molar refractivity (Wildman–Crippen MR) is 129 cm³/mol. The lowest BCUT2D eigenvalue weighted by Gasteiger charge is -2.33. The number of nitrogens with one attached hydrogen (secondary N) is 3. The normalized spacial score (nSPS) is 22.6. The smallest absolute Gasteiger partial charge is 0.130 e. The van der Waals surface area contributed by atoms with Gasteiger partial charge in [-0.2, -0.15) is 0 Å². The van der Waals surface area contributed by atoms with Crippen molar-refractivity contribution in [2.24, 2.45) is 5.41 Å². The largest absolute Gasteiger partial charge is 0.383 e. The highest BCUT2D eigenvalue weighted by Crippen LogP contribution is 2.30. The van der Waals surface area contributed by atoms with Gasteiger partial charge in [-0.15, -0.1) is 0 Å². The van der Waals surface area contributed by atoms with Crippen LogP contribution in [-0.4, -0.2) is 72.0 Å². The molecule has 0 unspecified atom stereocenters. The minimum absolute atomic E-state index is 0.230. The lowest BCUT2D eigenvalue weighted by Crippen LogP contribution is -2.38. The monoisotopic (exact) mass is 455 g/mol. The average Bonchev–Trinajstić information content (AvgIpc) is 2.85. The van der Waals surface area contributed by atoms with Crippen LogP contribution in [-0.2, 0) is 9.47 Å². The first-order valence-electron chi connectivity index (χ1n) is 12.1. The van der Waals surface area contributed by atoms with E-state index in [2.05, 4.69) is 42.8 Å². The summed E-state index contributed by atoms with van der Waals surface area (Å²) in [5.74, 6) is 1.67. The van der Waals surface area contributed by atoms with Crippen LogP contribution in [0.1, 0.15) is 45.4 Å². The number of ether oxygens (including phenoxy) is 2. The third-order valence-corrected chi connectivity index (χ3v) is 6.81. The number of nitrogens with zero attached hydrogens (tertiary/aromatic N) is 4. The Morgan fingerprint density at radius 1 is 0.939 bits per heavy atom. The van der Waals surface area contributed by atoms with E-state index in [1.807, 2.05) is 12.1 Å². The molecule has 2 aliphatic rings. The van der Waals surface area contributed by atoms with E-state index >= 15 is 0 Å². The standard InChI is InChI=1S/C24H37N7O2/c1-24(7-10-33-11-8-24)15-26-22-13-20(27-16-29-22)21-14-23(30-17-28-21)31-19-5-3-18(4-6-19)25-9-12-32-2/h13-14,16-19,25H,3-12,15H2,1-2H3,(H,26,27,29)(H,28,30,31). The maximum Gasteiger partial charge on any atom is 0.130 e. The number of aromatic nitrogens is 4. The molecule has 4 rings (SSSR count). The van der Waals surface area contributed by atoms with Gasteiger partial charge in [0, 0.05) is 57.6 Å².